The number of fused-ring (bicyclic) bond motifs is 1. The number of ketones is 1. The van der Waals surface area contributed by atoms with Gasteiger partial charge in [0.05, 0.1) is 18.2 Å². The summed E-state index contributed by atoms with van der Waals surface area (Å²) in [5, 5.41) is 1.71. The summed E-state index contributed by atoms with van der Waals surface area (Å²) >= 11 is 1.49. The van der Waals surface area contributed by atoms with E-state index in [-0.39, 0.29) is 5.78 Å². The summed E-state index contributed by atoms with van der Waals surface area (Å²) in [6, 6.07) is 25.2. The Morgan fingerprint density at radius 3 is 2.25 bits per heavy atom. The number of hydrogen-bond donors (Lipinski definition) is 0. The lowest BCUT2D eigenvalue weighted by atomic mass is 9.92. The maximum atomic E-state index is 13.6. The Bertz CT molecular complexity index is 1140. The molecule has 0 amide bonds. The molecule has 0 saturated carbocycles. The molecular formula is C24H19NO2S. The fourth-order valence-electron chi connectivity index (χ4n) is 3.34. The number of rotatable bonds is 5. The van der Waals surface area contributed by atoms with E-state index in [2.05, 4.69) is 0 Å². The van der Waals surface area contributed by atoms with Crippen molar-refractivity contribution >= 4 is 28.4 Å². The Morgan fingerprint density at radius 2 is 1.57 bits per heavy atom. The number of aromatic nitrogens is 1. The second-order valence-corrected chi connectivity index (χ2v) is 7.11. The lowest BCUT2D eigenvalue weighted by Gasteiger charge is -2.16. The zero-order valence-corrected chi connectivity index (χ0v) is 16.5. The quantitative estimate of drug-likeness (QED) is 0.318. The highest BCUT2D eigenvalue weighted by Gasteiger charge is 2.23. The molecule has 4 aromatic rings. The average Bonchev–Trinajstić information content (AvgIpc) is 2.77. The molecule has 0 aliphatic rings. The molecule has 4 heteroatoms. The van der Waals surface area contributed by atoms with Crippen LogP contribution in [-0.4, -0.2) is 24.1 Å². The van der Waals surface area contributed by atoms with E-state index in [0.717, 1.165) is 32.8 Å². The molecule has 0 bridgehead atoms. The van der Waals surface area contributed by atoms with Gasteiger partial charge in [-0.25, -0.2) is 4.98 Å². The molecule has 0 N–H and O–H groups in total. The zero-order valence-electron chi connectivity index (χ0n) is 15.7. The van der Waals surface area contributed by atoms with Gasteiger partial charge in [-0.15, -0.1) is 11.8 Å². The van der Waals surface area contributed by atoms with E-state index in [1.54, 1.807) is 19.2 Å². The Labute approximate surface area is 168 Å². The van der Waals surface area contributed by atoms with Crippen molar-refractivity contribution in [3.8, 4) is 16.9 Å². The third-order valence-corrected chi connectivity index (χ3v) is 5.38. The van der Waals surface area contributed by atoms with Gasteiger partial charge in [-0.2, -0.15) is 0 Å². The van der Waals surface area contributed by atoms with Gasteiger partial charge in [-0.1, -0.05) is 48.5 Å². The van der Waals surface area contributed by atoms with Gasteiger partial charge in [0.2, 0.25) is 0 Å². The maximum Gasteiger partial charge on any atom is 0.196 e. The number of hydrogen-bond acceptors (Lipinski definition) is 4. The first-order chi connectivity index (χ1) is 13.7. The zero-order chi connectivity index (χ0) is 19.5. The van der Waals surface area contributed by atoms with Crippen LogP contribution in [-0.2, 0) is 0 Å². The van der Waals surface area contributed by atoms with Crippen molar-refractivity contribution in [3.05, 3.63) is 90.0 Å². The minimum Gasteiger partial charge on any atom is -0.497 e. The van der Waals surface area contributed by atoms with Gasteiger partial charge in [0.15, 0.2) is 5.78 Å². The van der Waals surface area contributed by atoms with E-state index in [1.165, 1.54) is 11.8 Å². The van der Waals surface area contributed by atoms with E-state index in [1.807, 2.05) is 73.0 Å². The van der Waals surface area contributed by atoms with Gasteiger partial charge >= 0.3 is 0 Å². The molecule has 0 atom stereocenters. The summed E-state index contributed by atoms with van der Waals surface area (Å²) in [6.45, 7) is 0. The Kier molecular flexibility index (Phi) is 5.13. The van der Waals surface area contributed by atoms with Crippen LogP contribution in [0.25, 0.3) is 22.0 Å². The molecular weight excluding hydrogens is 366 g/mol. The van der Waals surface area contributed by atoms with Gasteiger partial charge in [0, 0.05) is 16.5 Å². The Balaban J connectivity index is 2.01. The second kappa shape index (κ2) is 7.87. The number of carbonyl (C=O) groups excluding carboxylic acids is 1. The van der Waals surface area contributed by atoms with Gasteiger partial charge in [0.1, 0.15) is 10.8 Å². The highest BCUT2D eigenvalue weighted by Crippen LogP contribution is 2.37. The average molecular weight is 385 g/mol. The molecule has 0 fully saturated rings. The number of ether oxygens (including phenoxy) is 1. The summed E-state index contributed by atoms with van der Waals surface area (Å²) < 4.78 is 5.22. The lowest BCUT2D eigenvalue weighted by Crippen LogP contribution is -2.08. The molecule has 0 saturated heterocycles. The second-order valence-electron chi connectivity index (χ2n) is 6.31. The molecule has 4 rings (SSSR count). The number of carbonyl (C=O) groups is 1. The highest BCUT2D eigenvalue weighted by atomic mass is 32.2. The largest absolute Gasteiger partial charge is 0.497 e. The standard InChI is InChI=1S/C24H19NO2S/c1-27-18-14-12-17(13-15-18)23(26)22-21(16-8-4-3-5-9-16)19-10-6-7-11-20(19)25-24(22)28-2/h3-15H,1-2H3. The molecule has 138 valence electrons. The van der Waals surface area contributed by atoms with Crippen LogP contribution in [0.15, 0.2) is 83.9 Å². The van der Waals surface area contributed by atoms with Gasteiger partial charge in [-0.3, -0.25) is 4.79 Å². The van der Waals surface area contributed by atoms with Crippen LogP contribution in [0.3, 0.4) is 0 Å². The third kappa shape index (κ3) is 3.27. The number of methoxy groups -OCH3 is 1. The topological polar surface area (TPSA) is 39.2 Å². The fraction of sp³-hybridized carbons (Fsp3) is 0.0833. The minimum atomic E-state index is -0.0379. The van der Waals surface area contributed by atoms with Crippen LogP contribution in [0.5, 0.6) is 5.75 Å². The molecule has 0 radical (unpaired) electrons. The fourth-order valence-corrected chi connectivity index (χ4v) is 3.93. The van der Waals surface area contributed by atoms with Gasteiger partial charge < -0.3 is 4.74 Å². The van der Waals surface area contributed by atoms with Crippen LogP contribution in [0, 0.1) is 0 Å². The smallest absolute Gasteiger partial charge is 0.196 e. The van der Waals surface area contributed by atoms with Crippen molar-refractivity contribution in [2.75, 3.05) is 13.4 Å². The third-order valence-electron chi connectivity index (χ3n) is 4.69. The summed E-state index contributed by atoms with van der Waals surface area (Å²) in [7, 11) is 1.61. The molecule has 0 aliphatic heterocycles. The minimum absolute atomic E-state index is 0.0379. The highest BCUT2D eigenvalue weighted by molar-refractivity contribution is 7.98. The first kappa shape index (κ1) is 18.3. The number of thioether (sulfide) groups is 1. The molecule has 3 aromatic carbocycles. The van der Waals surface area contributed by atoms with E-state index in [4.69, 9.17) is 9.72 Å². The first-order valence-corrected chi connectivity index (χ1v) is 10.2. The van der Waals surface area contributed by atoms with Crippen molar-refractivity contribution in [2.24, 2.45) is 0 Å². The number of benzene rings is 3. The molecule has 0 spiro atoms. The van der Waals surface area contributed by atoms with Crippen molar-refractivity contribution in [1.29, 1.82) is 0 Å². The van der Waals surface area contributed by atoms with Crippen LogP contribution in [0.1, 0.15) is 15.9 Å². The Hall–Kier alpha value is -3.11. The molecule has 3 nitrogen and oxygen atoms in total. The number of pyridine rings is 1. The number of nitrogens with zero attached hydrogens (tertiary/aromatic N) is 1. The molecule has 28 heavy (non-hydrogen) atoms. The van der Waals surface area contributed by atoms with Crippen molar-refractivity contribution < 1.29 is 9.53 Å². The van der Waals surface area contributed by atoms with Crippen molar-refractivity contribution in [2.45, 2.75) is 5.03 Å². The van der Waals surface area contributed by atoms with Gasteiger partial charge in [-0.05, 0) is 42.2 Å². The molecule has 1 aromatic heterocycles. The summed E-state index contributed by atoms with van der Waals surface area (Å²) in [4.78, 5) is 18.3. The summed E-state index contributed by atoms with van der Waals surface area (Å²) in [5.41, 5.74) is 4.08. The van der Waals surface area contributed by atoms with Crippen LogP contribution in [0.2, 0.25) is 0 Å². The SMILES string of the molecule is COc1ccc(C(=O)c2c(SC)nc3ccccc3c2-c2ccccc2)cc1. The van der Waals surface area contributed by atoms with Gasteiger partial charge in [0.25, 0.3) is 0 Å². The predicted octanol–water partition coefficient (Wildman–Crippen LogP) is 5.86. The van der Waals surface area contributed by atoms with Crippen LogP contribution < -0.4 is 4.74 Å². The lowest BCUT2D eigenvalue weighted by molar-refractivity contribution is 0.103. The maximum absolute atomic E-state index is 13.6. The summed E-state index contributed by atoms with van der Waals surface area (Å²) in [6.07, 6.45) is 1.96. The Morgan fingerprint density at radius 1 is 0.893 bits per heavy atom. The van der Waals surface area contributed by atoms with Crippen molar-refractivity contribution in [3.63, 3.8) is 0 Å². The molecule has 0 aliphatic carbocycles. The van der Waals surface area contributed by atoms with Crippen LogP contribution in [0.4, 0.5) is 0 Å². The predicted molar refractivity (Wildman–Crippen MR) is 115 cm³/mol. The van der Waals surface area contributed by atoms with E-state index in [9.17, 15) is 4.79 Å². The summed E-state index contributed by atoms with van der Waals surface area (Å²) in [5.74, 6) is 0.686. The van der Waals surface area contributed by atoms with E-state index >= 15 is 0 Å². The first-order valence-electron chi connectivity index (χ1n) is 8.94. The molecule has 0 unspecified atom stereocenters. The number of para-hydroxylation sites is 1. The monoisotopic (exact) mass is 385 g/mol. The van der Waals surface area contributed by atoms with Crippen molar-refractivity contribution in [1.82, 2.24) is 4.98 Å². The molecule has 1 heterocycles. The van der Waals surface area contributed by atoms with Crippen LogP contribution >= 0.6 is 11.8 Å². The van der Waals surface area contributed by atoms with E-state index < -0.39 is 0 Å². The normalized spacial score (nSPS) is 10.8. The van der Waals surface area contributed by atoms with E-state index in [0.29, 0.717) is 11.1 Å².